The van der Waals surface area contributed by atoms with Crippen molar-refractivity contribution in [3.8, 4) is 11.5 Å². The Balaban J connectivity index is 2.28. The highest BCUT2D eigenvalue weighted by atomic mass is 79.9. The van der Waals surface area contributed by atoms with Crippen LogP contribution in [0, 0.1) is 13.8 Å². The van der Waals surface area contributed by atoms with E-state index in [-0.39, 0.29) is 0 Å². The number of aryl methyl sites for hydroxylation is 2. The van der Waals surface area contributed by atoms with Gasteiger partial charge in [-0.2, -0.15) is 0 Å². The topological polar surface area (TPSA) is 35.5 Å². The minimum atomic E-state index is -0.416. The predicted octanol–water partition coefficient (Wildman–Crippen LogP) is 5.07. The molecule has 0 aliphatic carbocycles. The summed E-state index contributed by atoms with van der Waals surface area (Å²) in [5.41, 5.74) is 2.39. The lowest BCUT2D eigenvalue weighted by Crippen LogP contribution is -2.12. The van der Waals surface area contributed by atoms with Crippen LogP contribution in [0.4, 0.5) is 0 Å². The highest BCUT2D eigenvalue weighted by molar-refractivity contribution is 9.10. The molecular weight excluding hydrogens is 344 g/mol. The van der Waals surface area contributed by atoms with E-state index >= 15 is 0 Å². The van der Waals surface area contributed by atoms with Gasteiger partial charge in [0.25, 0.3) is 0 Å². The Labute approximate surface area is 139 Å². The second-order valence-electron chi connectivity index (χ2n) is 5.15. The van der Waals surface area contributed by atoms with Crippen molar-refractivity contribution in [2.75, 3.05) is 6.61 Å². The molecule has 0 spiro atoms. The number of hydrogen-bond acceptors (Lipinski definition) is 3. The van der Waals surface area contributed by atoms with Gasteiger partial charge < -0.3 is 9.47 Å². The normalized spacial score (nSPS) is 10.4. The van der Waals surface area contributed by atoms with Crippen LogP contribution in [0.3, 0.4) is 0 Å². The lowest BCUT2D eigenvalue weighted by molar-refractivity contribution is 0.0729. The van der Waals surface area contributed by atoms with E-state index in [0.717, 1.165) is 22.0 Å². The Kier molecular flexibility index (Phi) is 5.61. The average molecular weight is 363 g/mol. The molecule has 116 valence electrons. The zero-order chi connectivity index (χ0) is 16.1. The molecule has 0 heterocycles. The first-order valence-corrected chi connectivity index (χ1v) is 8.02. The monoisotopic (exact) mass is 362 g/mol. The quantitative estimate of drug-likeness (QED) is 0.549. The van der Waals surface area contributed by atoms with E-state index in [1.54, 1.807) is 12.1 Å². The van der Waals surface area contributed by atoms with E-state index in [2.05, 4.69) is 15.9 Å². The van der Waals surface area contributed by atoms with Crippen LogP contribution in [-0.2, 0) is 0 Å². The maximum Gasteiger partial charge on any atom is 0.347 e. The number of hydrogen-bond donors (Lipinski definition) is 0. The average Bonchev–Trinajstić information content (AvgIpc) is 2.49. The van der Waals surface area contributed by atoms with Gasteiger partial charge in [0.05, 0.1) is 6.61 Å². The lowest BCUT2D eigenvalue weighted by atomic mass is 10.1. The van der Waals surface area contributed by atoms with E-state index in [4.69, 9.17) is 9.47 Å². The molecule has 0 aliphatic heterocycles. The molecule has 0 aromatic heterocycles. The van der Waals surface area contributed by atoms with Crippen LogP contribution < -0.4 is 9.47 Å². The number of rotatable bonds is 5. The van der Waals surface area contributed by atoms with E-state index in [9.17, 15) is 4.79 Å². The fourth-order valence-electron chi connectivity index (χ4n) is 1.97. The molecule has 2 rings (SSSR count). The summed E-state index contributed by atoms with van der Waals surface area (Å²) >= 11 is 3.38. The second kappa shape index (κ2) is 7.45. The van der Waals surface area contributed by atoms with Gasteiger partial charge >= 0.3 is 5.97 Å². The number of halogens is 1. The van der Waals surface area contributed by atoms with Crippen LogP contribution in [0.25, 0.3) is 0 Å². The van der Waals surface area contributed by atoms with Gasteiger partial charge in [-0.1, -0.05) is 35.0 Å². The maximum absolute atomic E-state index is 12.5. The van der Waals surface area contributed by atoms with Crippen molar-refractivity contribution in [1.82, 2.24) is 0 Å². The third kappa shape index (κ3) is 4.10. The van der Waals surface area contributed by atoms with E-state index in [1.807, 2.05) is 45.0 Å². The Morgan fingerprint density at radius 3 is 2.59 bits per heavy atom. The lowest BCUT2D eigenvalue weighted by Gasteiger charge is -2.12. The molecule has 0 unspecified atom stereocenters. The summed E-state index contributed by atoms with van der Waals surface area (Å²) in [6, 6.07) is 11.1. The van der Waals surface area contributed by atoms with Gasteiger partial charge in [0, 0.05) is 4.47 Å². The summed E-state index contributed by atoms with van der Waals surface area (Å²) in [5, 5.41) is 0. The third-order valence-corrected chi connectivity index (χ3v) is 3.66. The maximum atomic E-state index is 12.5. The fourth-order valence-corrected chi connectivity index (χ4v) is 2.33. The summed E-state index contributed by atoms with van der Waals surface area (Å²) in [6.07, 6.45) is 0.877. The molecule has 22 heavy (non-hydrogen) atoms. The molecule has 0 saturated carbocycles. The van der Waals surface area contributed by atoms with Crippen LogP contribution in [0.1, 0.15) is 34.8 Å². The molecule has 0 saturated heterocycles. The van der Waals surface area contributed by atoms with Gasteiger partial charge in [0.1, 0.15) is 17.1 Å². The van der Waals surface area contributed by atoms with Crippen molar-refractivity contribution in [3.63, 3.8) is 0 Å². The highest BCUT2D eigenvalue weighted by Crippen LogP contribution is 2.26. The molecule has 0 N–H and O–H groups in total. The molecule has 0 bridgehead atoms. The smallest absolute Gasteiger partial charge is 0.347 e. The molecular formula is C18H19BrO3. The Bertz CT molecular complexity index is 680. The van der Waals surface area contributed by atoms with Gasteiger partial charge in [0.15, 0.2) is 0 Å². The van der Waals surface area contributed by atoms with Crippen LogP contribution in [-0.4, -0.2) is 12.6 Å². The summed E-state index contributed by atoms with van der Waals surface area (Å²) in [5.74, 6) is 0.702. The molecule has 0 aliphatic rings. The first kappa shape index (κ1) is 16.6. The standard InChI is InChI=1S/C18H19BrO3/c1-4-9-21-16-8-7-14(19)11-15(16)18(20)22-17-10-12(2)5-6-13(17)3/h5-8,10-11H,4,9H2,1-3H3. The fraction of sp³-hybridized carbons (Fsp3) is 0.278. The Hall–Kier alpha value is -1.81. The minimum absolute atomic E-state index is 0.416. The predicted molar refractivity (Wildman–Crippen MR) is 90.8 cm³/mol. The summed E-state index contributed by atoms with van der Waals surface area (Å²) in [4.78, 5) is 12.5. The number of carbonyl (C=O) groups excluding carboxylic acids is 1. The number of ether oxygens (including phenoxy) is 2. The summed E-state index contributed by atoms with van der Waals surface area (Å²) < 4.78 is 12.0. The van der Waals surface area contributed by atoms with E-state index < -0.39 is 5.97 Å². The first-order valence-electron chi connectivity index (χ1n) is 7.23. The third-order valence-electron chi connectivity index (χ3n) is 3.17. The molecule has 0 fully saturated rings. The second-order valence-corrected chi connectivity index (χ2v) is 6.06. The number of benzene rings is 2. The van der Waals surface area contributed by atoms with Gasteiger partial charge in [0.2, 0.25) is 0 Å². The highest BCUT2D eigenvalue weighted by Gasteiger charge is 2.16. The van der Waals surface area contributed by atoms with Crippen LogP contribution in [0.2, 0.25) is 0 Å². The van der Waals surface area contributed by atoms with Gasteiger partial charge in [-0.3, -0.25) is 0 Å². The molecule has 0 radical (unpaired) electrons. The van der Waals surface area contributed by atoms with Crippen molar-refractivity contribution >= 4 is 21.9 Å². The van der Waals surface area contributed by atoms with Crippen LogP contribution in [0.15, 0.2) is 40.9 Å². The van der Waals surface area contributed by atoms with E-state index in [0.29, 0.717) is 23.7 Å². The zero-order valence-electron chi connectivity index (χ0n) is 13.0. The zero-order valence-corrected chi connectivity index (χ0v) is 14.6. The van der Waals surface area contributed by atoms with Crippen LogP contribution >= 0.6 is 15.9 Å². The molecule has 2 aromatic rings. The number of carbonyl (C=O) groups is 1. The molecule has 0 amide bonds. The minimum Gasteiger partial charge on any atom is -0.493 e. The molecule has 0 atom stereocenters. The number of esters is 1. The first-order chi connectivity index (χ1) is 10.5. The van der Waals surface area contributed by atoms with Crippen molar-refractivity contribution < 1.29 is 14.3 Å². The van der Waals surface area contributed by atoms with Gasteiger partial charge in [-0.05, 0) is 55.7 Å². The van der Waals surface area contributed by atoms with E-state index in [1.165, 1.54) is 0 Å². The van der Waals surface area contributed by atoms with Crippen LogP contribution in [0.5, 0.6) is 11.5 Å². The summed E-state index contributed by atoms with van der Waals surface area (Å²) in [7, 11) is 0. The SMILES string of the molecule is CCCOc1ccc(Br)cc1C(=O)Oc1cc(C)ccc1C. The van der Waals surface area contributed by atoms with Crippen molar-refractivity contribution in [2.24, 2.45) is 0 Å². The molecule has 2 aromatic carbocycles. The molecule has 3 nitrogen and oxygen atoms in total. The Morgan fingerprint density at radius 2 is 1.86 bits per heavy atom. The van der Waals surface area contributed by atoms with Gasteiger partial charge in [-0.15, -0.1) is 0 Å². The van der Waals surface area contributed by atoms with Crippen molar-refractivity contribution in [3.05, 3.63) is 57.6 Å². The van der Waals surface area contributed by atoms with Crippen molar-refractivity contribution in [1.29, 1.82) is 0 Å². The van der Waals surface area contributed by atoms with Crippen molar-refractivity contribution in [2.45, 2.75) is 27.2 Å². The molecule has 4 heteroatoms. The Morgan fingerprint density at radius 1 is 1.09 bits per heavy atom. The summed E-state index contributed by atoms with van der Waals surface area (Å²) in [6.45, 7) is 6.46. The largest absolute Gasteiger partial charge is 0.493 e. The van der Waals surface area contributed by atoms with Gasteiger partial charge in [-0.25, -0.2) is 4.79 Å².